The number of hydrogen-bond donors (Lipinski definition) is 1. The summed E-state index contributed by atoms with van der Waals surface area (Å²) in [6.07, 6.45) is 6.18. The molecule has 126 valence electrons. The standard InChI is InChI=1S/C18H21N3O2S/c22-17(6-5-16-4-2-12-24-16)20-15-7-10-21(11-8-15)18(23)14-3-1-9-19-13-14/h1-4,9,12-13,15H,5-8,10-11H2,(H,20,22). The van der Waals surface area contributed by atoms with Crippen molar-refractivity contribution >= 4 is 23.2 Å². The summed E-state index contributed by atoms with van der Waals surface area (Å²) in [7, 11) is 0. The Morgan fingerprint density at radius 2 is 2.08 bits per heavy atom. The Balaban J connectivity index is 1.42. The van der Waals surface area contributed by atoms with E-state index in [0.29, 0.717) is 25.1 Å². The number of nitrogens with zero attached hydrogens (tertiary/aromatic N) is 2. The molecule has 2 amide bonds. The van der Waals surface area contributed by atoms with Crippen LogP contribution in [0.1, 0.15) is 34.5 Å². The number of carbonyl (C=O) groups excluding carboxylic acids is 2. The number of nitrogens with one attached hydrogen (secondary N) is 1. The largest absolute Gasteiger partial charge is 0.353 e. The first-order valence-electron chi connectivity index (χ1n) is 8.23. The third-order valence-corrected chi connectivity index (χ3v) is 5.17. The van der Waals surface area contributed by atoms with Crippen molar-refractivity contribution in [2.24, 2.45) is 0 Å². The van der Waals surface area contributed by atoms with Gasteiger partial charge < -0.3 is 10.2 Å². The second-order valence-corrected chi connectivity index (χ2v) is 6.99. The van der Waals surface area contributed by atoms with E-state index in [-0.39, 0.29) is 17.9 Å². The minimum Gasteiger partial charge on any atom is -0.353 e. The lowest BCUT2D eigenvalue weighted by Crippen LogP contribution is -2.46. The van der Waals surface area contributed by atoms with Gasteiger partial charge in [0.2, 0.25) is 5.91 Å². The molecule has 6 heteroatoms. The molecule has 0 bridgehead atoms. The molecule has 0 aromatic carbocycles. The average molecular weight is 343 g/mol. The Kier molecular flexibility index (Phi) is 5.59. The molecule has 1 aliphatic rings. The van der Waals surface area contributed by atoms with Crippen LogP contribution < -0.4 is 5.32 Å². The van der Waals surface area contributed by atoms with Gasteiger partial charge in [0, 0.05) is 42.8 Å². The number of likely N-dealkylation sites (tertiary alicyclic amines) is 1. The maximum Gasteiger partial charge on any atom is 0.255 e. The van der Waals surface area contributed by atoms with Crippen LogP contribution in [0, 0.1) is 0 Å². The highest BCUT2D eigenvalue weighted by Crippen LogP contribution is 2.15. The lowest BCUT2D eigenvalue weighted by Gasteiger charge is -2.32. The number of aromatic nitrogens is 1. The summed E-state index contributed by atoms with van der Waals surface area (Å²) in [4.78, 5) is 31.5. The fourth-order valence-corrected chi connectivity index (χ4v) is 3.60. The molecule has 0 radical (unpaired) electrons. The number of aryl methyl sites for hydroxylation is 1. The molecular formula is C18H21N3O2S. The van der Waals surface area contributed by atoms with E-state index >= 15 is 0 Å². The normalized spacial score (nSPS) is 15.2. The van der Waals surface area contributed by atoms with Gasteiger partial charge in [-0.1, -0.05) is 6.07 Å². The van der Waals surface area contributed by atoms with Crippen LogP contribution in [0.25, 0.3) is 0 Å². The van der Waals surface area contributed by atoms with Gasteiger partial charge >= 0.3 is 0 Å². The van der Waals surface area contributed by atoms with Crippen molar-refractivity contribution in [2.75, 3.05) is 13.1 Å². The highest BCUT2D eigenvalue weighted by Gasteiger charge is 2.24. The van der Waals surface area contributed by atoms with Crippen LogP contribution in [0.2, 0.25) is 0 Å². The minimum atomic E-state index is 0.0190. The lowest BCUT2D eigenvalue weighted by atomic mass is 10.0. The van der Waals surface area contributed by atoms with E-state index in [4.69, 9.17) is 0 Å². The van der Waals surface area contributed by atoms with Crippen molar-refractivity contribution in [3.8, 4) is 0 Å². The van der Waals surface area contributed by atoms with E-state index in [0.717, 1.165) is 19.3 Å². The molecule has 3 heterocycles. The topological polar surface area (TPSA) is 62.3 Å². The fraction of sp³-hybridized carbons (Fsp3) is 0.389. The molecule has 0 unspecified atom stereocenters. The summed E-state index contributed by atoms with van der Waals surface area (Å²) in [6, 6.07) is 7.79. The number of thiophene rings is 1. The van der Waals surface area contributed by atoms with Gasteiger partial charge in [-0.25, -0.2) is 0 Å². The van der Waals surface area contributed by atoms with Crippen molar-refractivity contribution in [2.45, 2.75) is 31.7 Å². The van der Waals surface area contributed by atoms with E-state index in [1.54, 1.807) is 35.9 Å². The van der Waals surface area contributed by atoms with Crippen LogP contribution in [0.5, 0.6) is 0 Å². The van der Waals surface area contributed by atoms with Gasteiger partial charge in [-0.15, -0.1) is 11.3 Å². The molecule has 0 atom stereocenters. The van der Waals surface area contributed by atoms with E-state index in [9.17, 15) is 9.59 Å². The number of amides is 2. The fourth-order valence-electron chi connectivity index (χ4n) is 2.89. The Morgan fingerprint density at radius 3 is 2.75 bits per heavy atom. The number of carbonyl (C=O) groups is 2. The summed E-state index contributed by atoms with van der Waals surface area (Å²) in [5.74, 6) is 0.117. The number of hydrogen-bond acceptors (Lipinski definition) is 4. The molecule has 3 rings (SSSR count). The average Bonchev–Trinajstić information content (AvgIpc) is 3.14. The Morgan fingerprint density at radius 1 is 1.25 bits per heavy atom. The van der Waals surface area contributed by atoms with E-state index in [2.05, 4.69) is 16.4 Å². The first-order chi connectivity index (χ1) is 11.7. The quantitative estimate of drug-likeness (QED) is 0.907. The van der Waals surface area contributed by atoms with Crippen LogP contribution in [0.3, 0.4) is 0 Å². The molecule has 2 aromatic rings. The van der Waals surface area contributed by atoms with E-state index < -0.39 is 0 Å². The van der Waals surface area contributed by atoms with Crippen molar-refractivity contribution < 1.29 is 9.59 Å². The van der Waals surface area contributed by atoms with Crippen molar-refractivity contribution in [3.63, 3.8) is 0 Å². The number of rotatable bonds is 5. The molecule has 0 aliphatic carbocycles. The summed E-state index contributed by atoms with van der Waals surface area (Å²) >= 11 is 1.68. The molecule has 1 aliphatic heterocycles. The Bertz CT molecular complexity index is 665. The monoisotopic (exact) mass is 343 g/mol. The van der Waals surface area contributed by atoms with Gasteiger partial charge in [-0.05, 0) is 42.8 Å². The van der Waals surface area contributed by atoms with Crippen molar-refractivity contribution in [3.05, 3.63) is 52.5 Å². The molecule has 2 aromatic heterocycles. The smallest absolute Gasteiger partial charge is 0.255 e. The summed E-state index contributed by atoms with van der Waals surface area (Å²) in [5.41, 5.74) is 0.621. The zero-order chi connectivity index (χ0) is 16.8. The predicted molar refractivity (Wildman–Crippen MR) is 93.9 cm³/mol. The van der Waals surface area contributed by atoms with Gasteiger partial charge in [0.15, 0.2) is 0 Å². The summed E-state index contributed by atoms with van der Waals surface area (Å²) in [6.45, 7) is 1.34. The molecule has 0 spiro atoms. The zero-order valence-corrected chi connectivity index (χ0v) is 14.3. The van der Waals surface area contributed by atoms with Crippen molar-refractivity contribution in [1.29, 1.82) is 0 Å². The van der Waals surface area contributed by atoms with Gasteiger partial charge in [0.1, 0.15) is 0 Å². The summed E-state index contributed by atoms with van der Waals surface area (Å²) in [5, 5.41) is 5.13. The van der Waals surface area contributed by atoms with Gasteiger partial charge in [0.05, 0.1) is 5.56 Å². The Hall–Kier alpha value is -2.21. The van der Waals surface area contributed by atoms with Crippen LogP contribution in [0.4, 0.5) is 0 Å². The molecular weight excluding hydrogens is 322 g/mol. The summed E-state index contributed by atoms with van der Waals surface area (Å²) < 4.78 is 0. The Labute approximate surface area is 145 Å². The molecule has 1 N–H and O–H groups in total. The minimum absolute atomic E-state index is 0.0190. The van der Waals surface area contributed by atoms with Crippen LogP contribution in [0.15, 0.2) is 42.0 Å². The zero-order valence-electron chi connectivity index (χ0n) is 13.5. The molecule has 1 fully saturated rings. The molecule has 24 heavy (non-hydrogen) atoms. The predicted octanol–water partition coefficient (Wildman–Crippen LogP) is 2.50. The maximum absolute atomic E-state index is 12.4. The molecule has 1 saturated heterocycles. The van der Waals surface area contributed by atoms with Gasteiger partial charge in [-0.3, -0.25) is 14.6 Å². The second-order valence-electron chi connectivity index (χ2n) is 5.96. The molecule has 0 saturated carbocycles. The SMILES string of the molecule is O=C(CCc1cccs1)NC1CCN(C(=O)c2cccnc2)CC1. The van der Waals surface area contributed by atoms with Crippen LogP contribution >= 0.6 is 11.3 Å². The van der Waals surface area contributed by atoms with Crippen LogP contribution in [-0.2, 0) is 11.2 Å². The van der Waals surface area contributed by atoms with E-state index in [1.165, 1.54) is 4.88 Å². The molecule has 5 nitrogen and oxygen atoms in total. The van der Waals surface area contributed by atoms with Crippen molar-refractivity contribution in [1.82, 2.24) is 15.2 Å². The highest BCUT2D eigenvalue weighted by molar-refractivity contribution is 7.09. The van der Waals surface area contributed by atoms with Crippen LogP contribution in [-0.4, -0.2) is 40.8 Å². The third-order valence-electron chi connectivity index (χ3n) is 4.23. The first-order valence-corrected chi connectivity index (χ1v) is 9.11. The number of piperidine rings is 1. The maximum atomic E-state index is 12.4. The first kappa shape index (κ1) is 16.6. The highest BCUT2D eigenvalue weighted by atomic mass is 32.1. The van der Waals surface area contributed by atoms with Gasteiger partial charge in [-0.2, -0.15) is 0 Å². The number of pyridine rings is 1. The second kappa shape index (κ2) is 8.06. The van der Waals surface area contributed by atoms with E-state index in [1.807, 2.05) is 16.3 Å². The third kappa shape index (κ3) is 4.41. The lowest BCUT2D eigenvalue weighted by molar-refractivity contribution is -0.122. The van der Waals surface area contributed by atoms with Gasteiger partial charge in [0.25, 0.3) is 5.91 Å².